The van der Waals surface area contributed by atoms with Crippen molar-refractivity contribution in [2.24, 2.45) is 0 Å². The van der Waals surface area contributed by atoms with Crippen LogP contribution >= 0.6 is 0 Å². The van der Waals surface area contributed by atoms with E-state index in [-0.39, 0.29) is 0 Å². The Kier molecular flexibility index (Phi) is 9.55. The lowest BCUT2D eigenvalue weighted by Crippen LogP contribution is -2.26. The predicted molar refractivity (Wildman–Crippen MR) is 287 cm³/mol. The highest BCUT2D eigenvalue weighted by Gasteiger charge is 2.51. The Morgan fingerprint density at radius 1 is 0.362 bits per heavy atom. The van der Waals surface area contributed by atoms with Gasteiger partial charge < -0.3 is 10.2 Å². The van der Waals surface area contributed by atoms with Gasteiger partial charge in [0, 0.05) is 39.5 Å². The summed E-state index contributed by atoms with van der Waals surface area (Å²) in [7, 11) is 0. The van der Waals surface area contributed by atoms with E-state index in [2.05, 4.69) is 235 Å². The summed E-state index contributed by atoms with van der Waals surface area (Å²) in [6, 6.07) is 91.5. The normalized spacial score (nSPS) is 14.1. The van der Waals surface area contributed by atoms with E-state index in [1.54, 1.807) is 0 Å². The summed E-state index contributed by atoms with van der Waals surface area (Å²) in [5.74, 6) is 0. The molecule has 0 aromatic heterocycles. The van der Waals surface area contributed by atoms with E-state index < -0.39 is 5.41 Å². The van der Waals surface area contributed by atoms with Gasteiger partial charge in [-0.05, 0) is 115 Å². The molecule has 2 aliphatic carbocycles. The highest BCUT2D eigenvalue weighted by Crippen LogP contribution is 2.63. The molecule has 10 aromatic carbocycles. The molecule has 0 unspecified atom stereocenters. The van der Waals surface area contributed by atoms with Gasteiger partial charge in [0.2, 0.25) is 0 Å². The van der Waals surface area contributed by atoms with Gasteiger partial charge in [-0.2, -0.15) is 0 Å². The van der Waals surface area contributed by atoms with E-state index in [0.29, 0.717) is 5.71 Å². The fraction of sp³-hybridized carbons (Fsp3) is 0.0152. The first-order valence-corrected chi connectivity index (χ1v) is 23.7. The lowest BCUT2D eigenvalue weighted by Gasteiger charge is -2.33. The number of rotatable bonds is 8. The first-order valence-electron chi connectivity index (χ1n) is 23.7. The van der Waals surface area contributed by atoms with Gasteiger partial charge in [0.05, 0.1) is 16.8 Å². The van der Waals surface area contributed by atoms with Gasteiger partial charge in [0.1, 0.15) is 0 Å². The Morgan fingerprint density at radius 3 is 1.41 bits per heavy atom. The van der Waals surface area contributed by atoms with E-state index >= 15 is 0 Å². The van der Waals surface area contributed by atoms with Crippen LogP contribution in [0.3, 0.4) is 0 Å². The third kappa shape index (κ3) is 6.47. The molecule has 69 heavy (non-hydrogen) atoms. The minimum atomic E-state index is -0.491. The second-order valence-corrected chi connectivity index (χ2v) is 18.0. The molecule has 1 heterocycles. The topological polar surface area (TPSA) is 39.1 Å². The largest absolute Gasteiger partial charge is 0.354 e. The van der Waals surface area contributed by atoms with Crippen molar-refractivity contribution >= 4 is 45.8 Å². The highest BCUT2D eigenvalue weighted by atomic mass is 15.1. The van der Waals surface area contributed by atoms with E-state index in [1.165, 1.54) is 50.1 Å². The molecule has 10 aromatic rings. The monoisotopic (exact) mass is 879 g/mol. The van der Waals surface area contributed by atoms with E-state index in [9.17, 15) is 5.41 Å². The molecule has 3 nitrogen and oxygen atoms in total. The zero-order valence-electron chi connectivity index (χ0n) is 37.8. The van der Waals surface area contributed by atoms with Crippen molar-refractivity contribution in [3.63, 3.8) is 0 Å². The van der Waals surface area contributed by atoms with Crippen LogP contribution in [0.2, 0.25) is 0 Å². The molecule has 0 amide bonds. The van der Waals surface area contributed by atoms with Gasteiger partial charge in [-0.25, -0.2) is 0 Å². The lowest BCUT2D eigenvalue weighted by atomic mass is 9.70. The number of hydrogen-bond acceptors (Lipinski definition) is 3. The summed E-state index contributed by atoms with van der Waals surface area (Å²) in [4.78, 5) is 2.41. The summed E-state index contributed by atoms with van der Waals surface area (Å²) in [5, 5.41) is 13.9. The molecule has 324 valence electrons. The summed E-state index contributed by atoms with van der Waals surface area (Å²) in [6.45, 7) is 0. The van der Waals surface area contributed by atoms with E-state index in [4.69, 9.17) is 0 Å². The number of hydrogen-bond donors (Lipinski definition) is 2. The van der Waals surface area contributed by atoms with Crippen molar-refractivity contribution in [1.82, 2.24) is 5.32 Å². The molecule has 0 atom stereocenters. The molecule has 0 saturated heterocycles. The molecule has 1 spiro atoms. The Labute approximate surface area is 403 Å². The van der Waals surface area contributed by atoms with Crippen molar-refractivity contribution in [2.75, 3.05) is 4.90 Å². The number of fused-ring (bicyclic) bond motifs is 11. The van der Waals surface area contributed by atoms with Gasteiger partial charge in [-0.15, -0.1) is 0 Å². The Morgan fingerprint density at radius 2 is 0.812 bits per heavy atom. The molecule has 0 saturated carbocycles. The number of nitrogens with zero attached hydrogens (tertiary/aromatic N) is 1. The Balaban J connectivity index is 1.06. The van der Waals surface area contributed by atoms with Crippen molar-refractivity contribution < 1.29 is 0 Å². The SMILES string of the molecule is N=C(/C(=C1\NC(c2ccccc2)=Cc2ccc(N(c3ccc(-c4ccccc4)cc3)c3ccc4c(c3)C3(c5ccccc5-c5ccccc53)c3ccccc3-4)cc21)c1ccccc1)c1ccccc1. The Hall–Kier alpha value is -9.05. The molecule has 2 N–H and O–H groups in total. The van der Waals surface area contributed by atoms with Crippen LogP contribution < -0.4 is 10.2 Å². The fourth-order valence-corrected chi connectivity index (χ4v) is 11.3. The molecule has 0 radical (unpaired) electrons. The minimum Gasteiger partial charge on any atom is -0.354 e. The van der Waals surface area contributed by atoms with Crippen molar-refractivity contribution in [3.8, 4) is 33.4 Å². The number of benzene rings is 10. The van der Waals surface area contributed by atoms with Crippen LogP contribution in [0.25, 0.3) is 56.4 Å². The quantitative estimate of drug-likeness (QED) is 0.149. The predicted octanol–water partition coefficient (Wildman–Crippen LogP) is 16.2. The fourth-order valence-electron chi connectivity index (χ4n) is 11.3. The molecule has 3 aliphatic rings. The van der Waals surface area contributed by atoms with Crippen molar-refractivity contribution in [3.05, 3.63) is 305 Å². The van der Waals surface area contributed by atoms with Crippen LogP contribution in [0.4, 0.5) is 17.1 Å². The average Bonchev–Trinajstić information content (AvgIpc) is 3.89. The number of nitrogens with one attached hydrogen (secondary N) is 2. The summed E-state index contributed by atoms with van der Waals surface area (Å²) >= 11 is 0. The molecule has 1 aliphatic heterocycles. The first-order chi connectivity index (χ1) is 34.1. The van der Waals surface area contributed by atoms with Crippen molar-refractivity contribution in [1.29, 1.82) is 5.41 Å². The van der Waals surface area contributed by atoms with Crippen LogP contribution in [-0.2, 0) is 5.41 Å². The standard InChI is InChI=1S/C66H45N3/c67-64(48-25-11-4-12-26-48)63(47-23-9-3-10-24-47)65-57-42-51(38-35-49(57)41-62(68-65)46-21-7-2-8-22-46)69(50-36-33-45(34-37-50)44-19-5-1-6-20-44)52-39-40-56-55-29-15-18-32-60(55)66(61(56)43-52)58-30-16-13-27-53(58)54-28-14-17-31-59(54)66/h1-43,67-68H/b65-63-,67-64?. The van der Waals surface area contributed by atoms with Crippen LogP contribution in [0.5, 0.6) is 0 Å². The van der Waals surface area contributed by atoms with Crippen LogP contribution in [0, 0.1) is 5.41 Å². The zero-order valence-corrected chi connectivity index (χ0v) is 37.8. The molecular weight excluding hydrogens is 835 g/mol. The van der Waals surface area contributed by atoms with Crippen LogP contribution in [-0.4, -0.2) is 5.71 Å². The molecular formula is C66H45N3. The minimum absolute atomic E-state index is 0.448. The summed E-state index contributed by atoms with van der Waals surface area (Å²) in [6.07, 6.45) is 2.25. The third-order valence-electron chi connectivity index (χ3n) is 14.3. The maximum Gasteiger partial charge on any atom is 0.0726 e. The van der Waals surface area contributed by atoms with Gasteiger partial charge >= 0.3 is 0 Å². The van der Waals surface area contributed by atoms with Crippen molar-refractivity contribution in [2.45, 2.75) is 5.41 Å². The molecule has 0 bridgehead atoms. The maximum absolute atomic E-state index is 9.95. The summed E-state index contributed by atoms with van der Waals surface area (Å²) < 4.78 is 0. The van der Waals surface area contributed by atoms with Crippen LogP contribution in [0.1, 0.15) is 50.1 Å². The zero-order chi connectivity index (χ0) is 45.9. The highest BCUT2D eigenvalue weighted by molar-refractivity contribution is 6.36. The second-order valence-electron chi connectivity index (χ2n) is 18.0. The molecule has 13 rings (SSSR count). The first kappa shape index (κ1) is 40.2. The molecule has 3 heteroatoms. The Bertz CT molecular complexity index is 3620. The maximum atomic E-state index is 9.95. The smallest absolute Gasteiger partial charge is 0.0726 e. The van der Waals surface area contributed by atoms with E-state index in [1.807, 2.05) is 36.4 Å². The van der Waals surface area contributed by atoms with Gasteiger partial charge in [0.25, 0.3) is 0 Å². The lowest BCUT2D eigenvalue weighted by molar-refractivity contribution is 0.793. The average molecular weight is 880 g/mol. The van der Waals surface area contributed by atoms with Crippen LogP contribution in [0.15, 0.2) is 255 Å². The number of anilines is 3. The molecule has 0 fully saturated rings. The van der Waals surface area contributed by atoms with Gasteiger partial charge in [0.15, 0.2) is 0 Å². The third-order valence-corrected chi connectivity index (χ3v) is 14.3. The van der Waals surface area contributed by atoms with Gasteiger partial charge in [-0.1, -0.05) is 218 Å². The second kappa shape index (κ2) is 16.4. The summed E-state index contributed by atoms with van der Waals surface area (Å²) in [5.41, 5.74) is 23.4. The number of allylic oxidation sites excluding steroid dienone is 1. The van der Waals surface area contributed by atoms with Gasteiger partial charge in [-0.3, -0.25) is 5.41 Å². The van der Waals surface area contributed by atoms with E-state index in [0.717, 1.165) is 67.4 Å².